The topological polar surface area (TPSA) is 34.4 Å². The van der Waals surface area contributed by atoms with Crippen molar-refractivity contribution in [1.29, 1.82) is 0 Å². The molecule has 1 atom stereocenters. The molecule has 5 heteroatoms. The fraction of sp³-hybridized carbons (Fsp3) is 0.375. The minimum atomic E-state index is 0.204. The van der Waals surface area contributed by atoms with E-state index in [4.69, 9.17) is 9.15 Å². The molecule has 0 saturated carbocycles. The first-order valence-corrected chi connectivity index (χ1v) is 8.52. The fourth-order valence-electron chi connectivity index (χ4n) is 2.07. The van der Waals surface area contributed by atoms with Crippen molar-refractivity contribution in [3.63, 3.8) is 0 Å². The van der Waals surface area contributed by atoms with Crippen molar-refractivity contribution >= 4 is 31.9 Å². The number of hydrogen-bond acceptors (Lipinski definition) is 3. The monoisotopic (exact) mass is 415 g/mol. The molecule has 1 N–H and O–H groups in total. The molecule has 0 amide bonds. The fourth-order valence-corrected chi connectivity index (χ4v) is 3.42. The summed E-state index contributed by atoms with van der Waals surface area (Å²) >= 11 is 7.05. The van der Waals surface area contributed by atoms with Gasteiger partial charge in [-0.1, -0.05) is 6.92 Å². The van der Waals surface area contributed by atoms with Crippen LogP contribution in [0.2, 0.25) is 0 Å². The molecule has 0 bridgehead atoms. The number of rotatable bonds is 6. The summed E-state index contributed by atoms with van der Waals surface area (Å²) in [7, 11) is 1.65. The van der Waals surface area contributed by atoms with Gasteiger partial charge in [-0.25, -0.2) is 0 Å². The second kappa shape index (κ2) is 7.47. The average Bonchev–Trinajstić information content (AvgIpc) is 2.94. The third kappa shape index (κ3) is 3.90. The first-order valence-electron chi connectivity index (χ1n) is 6.93. The number of methoxy groups -OCH3 is 1. The molecule has 114 valence electrons. The predicted molar refractivity (Wildman–Crippen MR) is 92.8 cm³/mol. The summed E-state index contributed by atoms with van der Waals surface area (Å²) < 4.78 is 13.2. The number of benzene rings is 1. The SMILES string of the molecule is CCCNC(C)c1ccc(-c2cc(OC)c(Br)cc2Br)o1. The van der Waals surface area contributed by atoms with Gasteiger partial charge in [0.25, 0.3) is 0 Å². The van der Waals surface area contributed by atoms with Crippen LogP contribution in [0, 0.1) is 0 Å². The number of ether oxygens (including phenoxy) is 1. The van der Waals surface area contributed by atoms with Crippen molar-refractivity contribution < 1.29 is 9.15 Å². The van der Waals surface area contributed by atoms with E-state index in [2.05, 4.69) is 51.0 Å². The minimum Gasteiger partial charge on any atom is -0.496 e. The van der Waals surface area contributed by atoms with Crippen LogP contribution in [0.4, 0.5) is 0 Å². The Bertz CT molecular complexity index is 610. The molecule has 1 heterocycles. The van der Waals surface area contributed by atoms with Crippen LogP contribution in [-0.2, 0) is 0 Å². The molecule has 1 unspecified atom stereocenters. The van der Waals surface area contributed by atoms with E-state index in [1.165, 1.54) is 0 Å². The smallest absolute Gasteiger partial charge is 0.135 e. The third-order valence-corrected chi connectivity index (χ3v) is 4.54. The highest BCUT2D eigenvalue weighted by Gasteiger charge is 2.15. The highest BCUT2D eigenvalue weighted by atomic mass is 79.9. The maximum Gasteiger partial charge on any atom is 0.135 e. The van der Waals surface area contributed by atoms with Gasteiger partial charge in [0.2, 0.25) is 0 Å². The van der Waals surface area contributed by atoms with E-state index in [9.17, 15) is 0 Å². The quantitative estimate of drug-likeness (QED) is 0.671. The van der Waals surface area contributed by atoms with Crippen LogP contribution in [0.15, 0.2) is 37.6 Å². The van der Waals surface area contributed by atoms with Crippen LogP contribution < -0.4 is 10.1 Å². The largest absolute Gasteiger partial charge is 0.496 e. The van der Waals surface area contributed by atoms with Crippen molar-refractivity contribution in [1.82, 2.24) is 5.32 Å². The molecule has 2 rings (SSSR count). The molecule has 1 aromatic heterocycles. The molecule has 21 heavy (non-hydrogen) atoms. The van der Waals surface area contributed by atoms with Crippen LogP contribution in [0.25, 0.3) is 11.3 Å². The molecule has 3 nitrogen and oxygen atoms in total. The molecule has 2 aromatic rings. The highest BCUT2D eigenvalue weighted by Crippen LogP contribution is 2.38. The Kier molecular flexibility index (Phi) is 5.90. The molecule has 0 aliphatic rings. The van der Waals surface area contributed by atoms with Gasteiger partial charge >= 0.3 is 0 Å². The first kappa shape index (κ1) is 16.6. The van der Waals surface area contributed by atoms with Crippen LogP contribution >= 0.6 is 31.9 Å². The van der Waals surface area contributed by atoms with Crippen LogP contribution in [-0.4, -0.2) is 13.7 Å². The van der Waals surface area contributed by atoms with Gasteiger partial charge in [-0.3, -0.25) is 0 Å². The highest BCUT2D eigenvalue weighted by molar-refractivity contribution is 9.11. The standard InChI is InChI=1S/C16H19Br2NO2/c1-4-7-19-10(2)14-5-6-15(21-14)11-8-16(20-3)13(18)9-12(11)17/h5-6,8-10,19H,4,7H2,1-3H3. The van der Waals surface area contributed by atoms with Gasteiger partial charge in [0.1, 0.15) is 17.3 Å². The lowest BCUT2D eigenvalue weighted by molar-refractivity contribution is 0.411. The van der Waals surface area contributed by atoms with Gasteiger partial charge in [0.15, 0.2) is 0 Å². The van der Waals surface area contributed by atoms with E-state index in [0.717, 1.165) is 44.7 Å². The van der Waals surface area contributed by atoms with E-state index in [1.54, 1.807) is 7.11 Å². The predicted octanol–water partition coefficient (Wildman–Crippen LogP) is 5.54. The summed E-state index contributed by atoms with van der Waals surface area (Å²) in [5, 5.41) is 3.42. The summed E-state index contributed by atoms with van der Waals surface area (Å²) in [5.41, 5.74) is 0.976. The van der Waals surface area contributed by atoms with Crippen LogP contribution in [0.3, 0.4) is 0 Å². The Hall–Kier alpha value is -0.780. The zero-order valence-electron chi connectivity index (χ0n) is 12.4. The van der Waals surface area contributed by atoms with E-state index in [0.29, 0.717) is 0 Å². The zero-order valence-corrected chi connectivity index (χ0v) is 15.5. The molecule has 0 aliphatic heterocycles. The number of hydrogen-bond donors (Lipinski definition) is 1. The van der Waals surface area contributed by atoms with E-state index >= 15 is 0 Å². The molecule has 0 spiro atoms. The lowest BCUT2D eigenvalue weighted by atomic mass is 10.1. The number of halogens is 2. The van der Waals surface area contributed by atoms with Crippen molar-refractivity contribution in [2.45, 2.75) is 26.3 Å². The van der Waals surface area contributed by atoms with Gasteiger partial charge in [-0.05, 0) is 76.0 Å². The van der Waals surface area contributed by atoms with E-state index in [1.807, 2.05) is 24.3 Å². The van der Waals surface area contributed by atoms with Crippen LogP contribution in [0.5, 0.6) is 5.75 Å². The average molecular weight is 417 g/mol. The van der Waals surface area contributed by atoms with Crippen molar-refractivity contribution in [3.05, 3.63) is 39.0 Å². The molecule has 0 aliphatic carbocycles. The second-order valence-electron chi connectivity index (χ2n) is 4.84. The number of nitrogens with one attached hydrogen (secondary N) is 1. The Labute approximate surface area is 142 Å². The van der Waals surface area contributed by atoms with Crippen molar-refractivity contribution in [2.75, 3.05) is 13.7 Å². The van der Waals surface area contributed by atoms with E-state index in [-0.39, 0.29) is 6.04 Å². The van der Waals surface area contributed by atoms with Gasteiger partial charge < -0.3 is 14.5 Å². The van der Waals surface area contributed by atoms with Gasteiger partial charge in [0, 0.05) is 10.0 Å². The molecule has 1 aromatic carbocycles. The zero-order chi connectivity index (χ0) is 15.4. The summed E-state index contributed by atoms with van der Waals surface area (Å²) in [6, 6.07) is 8.14. The Morgan fingerprint density at radius 2 is 2.00 bits per heavy atom. The lowest BCUT2D eigenvalue weighted by Gasteiger charge is -2.10. The third-order valence-electron chi connectivity index (χ3n) is 3.26. The normalized spacial score (nSPS) is 12.4. The maximum absolute atomic E-state index is 5.99. The summed E-state index contributed by atoms with van der Waals surface area (Å²) in [4.78, 5) is 0. The minimum absolute atomic E-state index is 0.204. The molecule has 0 saturated heterocycles. The summed E-state index contributed by atoms with van der Waals surface area (Å²) in [6.07, 6.45) is 1.10. The van der Waals surface area contributed by atoms with Gasteiger partial charge in [-0.15, -0.1) is 0 Å². The second-order valence-corrected chi connectivity index (χ2v) is 6.55. The van der Waals surface area contributed by atoms with Crippen molar-refractivity contribution in [3.8, 4) is 17.1 Å². The lowest BCUT2D eigenvalue weighted by Crippen LogP contribution is -2.18. The summed E-state index contributed by atoms with van der Waals surface area (Å²) in [6.45, 7) is 5.24. The van der Waals surface area contributed by atoms with Crippen molar-refractivity contribution in [2.24, 2.45) is 0 Å². The summed E-state index contributed by atoms with van der Waals surface area (Å²) in [5.74, 6) is 2.54. The molecule has 0 fully saturated rings. The molecular formula is C16H19Br2NO2. The maximum atomic E-state index is 5.99. The first-order chi connectivity index (χ1) is 10.1. The van der Waals surface area contributed by atoms with Gasteiger partial charge in [0.05, 0.1) is 17.6 Å². The molecular weight excluding hydrogens is 398 g/mol. The van der Waals surface area contributed by atoms with Crippen LogP contribution in [0.1, 0.15) is 32.1 Å². The van der Waals surface area contributed by atoms with E-state index < -0.39 is 0 Å². The van der Waals surface area contributed by atoms with Gasteiger partial charge in [-0.2, -0.15) is 0 Å². The Morgan fingerprint density at radius 3 is 2.67 bits per heavy atom. The Morgan fingerprint density at radius 1 is 1.24 bits per heavy atom. The Balaban J connectivity index is 2.29. The molecule has 0 radical (unpaired) electrons. The number of furan rings is 1.